The number of benzene rings is 1. The highest BCUT2D eigenvalue weighted by Crippen LogP contribution is 2.52. The first-order valence-electron chi connectivity index (χ1n) is 10.8. The van der Waals surface area contributed by atoms with Crippen LogP contribution in [0.1, 0.15) is 43.4 Å². The average molecular weight is 416 g/mol. The van der Waals surface area contributed by atoms with Crippen LogP contribution >= 0.6 is 11.6 Å². The maximum Gasteiger partial charge on any atom is 0.319 e. The third kappa shape index (κ3) is 2.72. The van der Waals surface area contributed by atoms with Crippen molar-refractivity contribution < 1.29 is 14.3 Å². The molecule has 3 atom stereocenters. The Balaban J connectivity index is 1.37. The molecule has 1 spiro atoms. The SMILES string of the molecule is O=C1Nc2c(Cl)cc3cc(CN4C[C@@H]5C(CO)[C@@H]5C4)oc3c2C2(CCCCC2)N1. The molecule has 2 saturated carbocycles. The van der Waals surface area contributed by atoms with Gasteiger partial charge < -0.3 is 20.2 Å². The molecule has 2 aliphatic carbocycles. The van der Waals surface area contributed by atoms with Crippen molar-refractivity contribution in [3.05, 3.63) is 28.5 Å². The van der Waals surface area contributed by atoms with E-state index in [0.29, 0.717) is 35.1 Å². The molecule has 1 unspecified atom stereocenters. The summed E-state index contributed by atoms with van der Waals surface area (Å²) in [6.07, 6.45) is 5.20. The van der Waals surface area contributed by atoms with Crippen molar-refractivity contribution >= 4 is 34.3 Å². The van der Waals surface area contributed by atoms with Crippen LogP contribution in [0.3, 0.4) is 0 Å². The zero-order chi connectivity index (χ0) is 19.8. The Hall–Kier alpha value is -1.76. The monoisotopic (exact) mass is 415 g/mol. The standard InChI is InChI=1S/C22H26ClN3O3/c23-17-7-12-6-13(8-26-9-14-15(10-26)16(14)11-27)29-20(12)18-19(17)24-21(28)25-22(18)4-2-1-3-5-22/h6-7,14-16,27H,1-5,8-11H2,(H2,24,25,28)/t14-,15+,16?. The zero-order valence-corrected chi connectivity index (χ0v) is 17.1. The maximum absolute atomic E-state index is 12.4. The molecule has 6 nitrogen and oxygen atoms in total. The molecule has 0 radical (unpaired) electrons. The summed E-state index contributed by atoms with van der Waals surface area (Å²) < 4.78 is 6.41. The first-order chi connectivity index (χ1) is 14.1. The number of carbonyl (C=O) groups is 1. The highest BCUT2D eigenvalue weighted by atomic mass is 35.5. The molecule has 7 heteroatoms. The highest BCUT2D eigenvalue weighted by Gasteiger charge is 2.55. The van der Waals surface area contributed by atoms with E-state index in [4.69, 9.17) is 16.0 Å². The molecular formula is C22H26ClN3O3. The summed E-state index contributed by atoms with van der Waals surface area (Å²) >= 11 is 6.61. The Morgan fingerprint density at radius 1 is 1.21 bits per heavy atom. The molecule has 3 fully saturated rings. The third-order valence-corrected chi connectivity index (χ3v) is 7.92. The molecule has 6 rings (SSSR count). The third-order valence-electron chi connectivity index (χ3n) is 7.62. The van der Waals surface area contributed by atoms with Crippen LogP contribution in [0.5, 0.6) is 0 Å². The van der Waals surface area contributed by atoms with Crippen molar-refractivity contribution in [1.82, 2.24) is 10.2 Å². The van der Waals surface area contributed by atoms with Gasteiger partial charge in [-0.15, -0.1) is 0 Å². The van der Waals surface area contributed by atoms with Gasteiger partial charge in [-0.3, -0.25) is 4.90 Å². The van der Waals surface area contributed by atoms with Gasteiger partial charge >= 0.3 is 6.03 Å². The highest BCUT2D eigenvalue weighted by molar-refractivity contribution is 6.35. The number of halogens is 1. The predicted octanol–water partition coefficient (Wildman–Crippen LogP) is 4.05. The Labute approximate surface area is 174 Å². The molecule has 154 valence electrons. The predicted molar refractivity (Wildman–Crippen MR) is 111 cm³/mol. The van der Waals surface area contributed by atoms with Crippen LogP contribution < -0.4 is 10.6 Å². The molecule has 4 aliphatic rings. The Morgan fingerprint density at radius 2 is 1.97 bits per heavy atom. The lowest BCUT2D eigenvalue weighted by Gasteiger charge is -2.42. The van der Waals surface area contributed by atoms with E-state index >= 15 is 0 Å². The van der Waals surface area contributed by atoms with Gasteiger partial charge in [-0.25, -0.2) is 4.79 Å². The lowest BCUT2D eigenvalue weighted by molar-refractivity contribution is 0.207. The van der Waals surface area contributed by atoms with Crippen LogP contribution in [0, 0.1) is 17.8 Å². The van der Waals surface area contributed by atoms with Crippen LogP contribution in [0.4, 0.5) is 10.5 Å². The molecule has 2 aliphatic heterocycles. The number of hydrogen-bond donors (Lipinski definition) is 3. The van der Waals surface area contributed by atoms with Crippen LogP contribution in [0.2, 0.25) is 5.02 Å². The van der Waals surface area contributed by atoms with Crippen LogP contribution in [0.15, 0.2) is 16.5 Å². The number of anilines is 1. The van der Waals surface area contributed by atoms with Crippen molar-refractivity contribution in [2.24, 2.45) is 17.8 Å². The number of urea groups is 1. The summed E-state index contributed by atoms with van der Waals surface area (Å²) in [4.78, 5) is 14.8. The van der Waals surface area contributed by atoms with E-state index in [0.717, 1.165) is 67.6 Å². The molecule has 1 saturated heterocycles. The van der Waals surface area contributed by atoms with Crippen molar-refractivity contribution in [3.8, 4) is 0 Å². The van der Waals surface area contributed by atoms with E-state index in [1.54, 1.807) is 0 Å². The number of rotatable bonds is 3. The molecule has 1 aromatic heterocycles. The Kier molecular flexibility index (Phi) is 3.96. The number of furan rings is 1. The molecule has 2 aromatic rings. The largest absolute Gasteiger partial charge is 0.459 e. The molecule has 29 heavy (non-hydrogen) atoms. The van der Waals surface area contributed by atoms with Gasteiger partial charge in [0, 0.05) is 30.6 Å². The van der Waals surface area contributed by atoms with E-state index in [1.165, 1.54) is 6.42 Å². The summed E-state index contributed by atoms with van der Waals surface area (Å²) in [6, 6.07) is 3.83. The minimum Gasteiger partial charge on any atom is -0.459 e. The van der Waals surface area contributed by atoms with Gasteiger partial charge in [0.05, 0.1) is 22.8 Å². The molecular weight excluding hydrogens is 390 g/mol. The van der Waals surface area contributed by atoms with Crippen LogP contribution in [-0.4, -0.2) is 35.7 Å². The number of aliphatic hydroxyl groups is 1. The summed E-state index contributed by atoms with van der Waals surface area (Å²) in [7, 11) is 0. The summed E-state index contributed by atoms with van der Waals surface area (Å²) in [5.74, 6) is 2.75. The van der Waals surface area contributed by atoms with E-state index in [1.807, 2.05) is 6.07 Å². The minimum absolute atomic E-state index is 0.179. The molecule has 0 bridgehead atoms. The van der Waals surface area contributed by atoms with Crippen molar-refractivity contribution in [2.75, 3.05) is 25.0 Å². The topological polar surface area (TPSA) is 77.7 Å². The minimum atomic E-state index is -0.391. The first-order valence-corrected chi connectivity index (χ1v) is 11.1. The maximum atomic E-state index is 12.4. The van der Waals surface area contributed by atoms with E-state index in [-0.39, 0.29) is 6.03 Å². The van der Waals surface area contributed by atoms with Gasteiger partial charge in [-0.05, 0) is 42.7 Å². The Bertz CT molecular complexity index is 985. The molecule has 1 aromatic carbocycles. The molecule has 3 heterocycles. The zero-order valence-electron chi connectivity index (χ0n) is 16.3. The van der Waals surface area contributed by atoms with Gasteiger partial charge in [0.1, 0.15) is 11.3 Å². The van der Waals surface area contributed by atoms with Gasteiger partial charge in [0.15, 0.2) is 0 Å². The number of likely N-dealkylation sites (tertiary alicyclic amines) is 1. The number of hydrogen-bond acceptors (Lipinski definition) is 4. The smallest absolute Gasteiger partial charge is 0.319 e. The fourth-order valence-electron chi connectivity index (χ4n) is 6.17. The quantitative estimate of drug-likeness (QED) is 0.706. The van der Waals surface area contributed by atoms with Crippen LogP contribution in [-0.2, 0) is 12.1 Å². The van der Waals surface area contributed by atoms with Crippen LogP contribution in [0.25, 0.3) is 11.0 Å². The number of nitrogens with one attached hydrogen (secondary N) is 2. The number of carbonyl (C=O) groups excluding carboxylic acids is 1. The molecule has 3 N–H and O–H groups in total. The first kappa shape index (κ1) is 18.0. The van der Waals surface area contributed by atoms with Crippen molar-refractivity contribution in [3.63, 3.8) is 0 Å². The second-order valence-electron chi connectivity index (χ2n) is 9.33. The normalized spacial score (nSPS) is 30.1. The van der Waals surface area contributed by atoms with Gasteiger partial charge in [0.2, 0.25) is 0 Å². The Morgan fingerprint density at radius 3 is 2.69 bits per heavy atom. The fraction of sp³-hybridized carbons (Fsp3) is 0.591. The summed E-state index contributed by atoms with van der Waals surface area (Å²) in [5, 5.41) is 17.1. The number of piperidine rings is 1. The second-order valence-corrected chi connectivity index (χ2v) is 9.74. The van der Waals surface area contributed by atoms with E-state index < -0.39 is 5.54 Å². The molecule has 2 amide bonds. The number of nitrogens with zero attached hydrogens (tertiary/aromatic N) is 1. The summed E-state index contributed by atoms with van der Waals surface area (Å²) in [5.41, 5.74) is 2.19. The lowest BCUT2D eigenvalue weighted by atomic mass is 9.74. The van der Waals surface area contributed by atoms with Crippen molar-refractivity contribution in [1.29, 1.82) is 0 Å². The fourth-order valence-corrected chi connectivity index (χ4v) is 6.43. The van der Waals surface area contributed by atoms with Gasteiger partial charge in [0.25, 0.3) is 0 Å². The van der Waals surface area contributed by atoms with E-state index in [2.05, 4.69) is 21.6 Å². The number of aliphatic hydroxyl groups excluding tert-OH is 1. The van der Waals surface area contributed by atoms with Gasteiger partial charge in [-0.2, -0.15) is 0 Å². The van der Waals surface area contributed by atoms with Crippen molar-refractivity contribution in [2.45, 2.75) is 44.2 Å². The van der Waals surface area contributed by atoms with E-state index in [9.17, 15) is 9.90 Å². The summed E-state index contributed by atoms with van der Waals surface area (Å²) in [6.45, 7) is 3.17. The van der Waals surface area contributed by atoms with Gasteiger partial charge in [-0.1, -0.05) is 30.9 Å². The second kappa shape index (κ2) is 6.37. The lowest BCUT2D eigenvalue weighted by Crippen LogP contribution is -2.52. The average Bonchev–Trinajstić information content (AvgIpc) is 2.99. The number of fused-ring (bicyclic) bond motifs is 5. The number of amides is 2.